The summed E-state index contributed by atoms with van der Waals surface area (Å²) in [7, 11) is 0. The van der Waals surface area contributed by atoms with Gasteiger partial charge >= 0.3 is 0 Å². The summed E-state index contributed by atoms with van der Waals surface area (Å²) >= 11 is 0. The van der Waals surface area contributed by atoms with Gasteiger partial charge in [0, 0.05) is 22.3 Å². The quantitative estimate of drug-likeness (QED) is 0.133. The number of nitrogens with one attached hydrogen (secondary N) is 1. The van der Waals surface area contributed by atoms with Crippen LogP contribution in [0.2, 0.25) is 0 Å². The zero-order valence-electron chi connectivity index (χ0n) is 25.7. The third-order valence-electron chi connectivity index (χ3n) is 7.33. The number of nitrogens with two attached hydrogens (primary N) is 1. The zero-order valence-corrected chi connectivity index (χ0v) is 25.7. The van der Waals surface area contributed by atoms with E-state index in [-0.39, 0.29) is 5.91 Å². The average Bonchev–Trinajstić information content (AvgIpc) is 3.01. The molecule has 5 aromatic rings. The second-order valence-electron chi connectivity index (χ2n) is 10.9. The Morgan fingerprint density at radius 2 is 1.34 bits per heavy atom. The number of aryl methyl sites for hydroxylation is 4. The summed E-state index contributed by atoms with van der Waals surface area (Å²) in [5.41, 5.74) is 14.7. The van der Waals surface area contributed by atoms with Crippen molar-refractivity contribution in [2.45, 2.75) is 41.0 Å². The number of rotatable bonds is 9. The Kier molecular flexibility index (Phi) is 9.09. The number of hydrogen-bond donors (Lipinski definition) is 2. The first-order chi connectivity index (χ1) is 21.2. The van der Waals surface area contributed by atoms with Crippen molar-refractivity contribution in [2.24, 2.45) is 20.5 Å². The van der Waals surface area contributed by atoms with Gasteiger partial charge in [-0.3, -0.25) is 4.79 Å². The van der Waals surface area contributed by atoms with E-state index >= 15 is 0 Å². The highest BCUT2D eigenvalue weighted by Crippen LogP contribution is 2.33. The van der Waals surface area contributed by atoms with Crippen LogP contribution in [0.15, 0.2) is 105 Å². The Labute approximate surface area is 257 Å². The molecule has 0 spiro atoms. The smallest absolute Gasteiger partial charge is 0.255 e. The molecule has 0 fully saturated rings. The van der Waals surface area contributed by atoms with Crippen LogP contribution in [0.25, 0.3) is 10.8 Å². The van der Waals surface area contributed by atoms with Crippen LogP contribution in [-0.4, -0.2) is 12.5 Å². The molecule has 0 bridgehead atoms. The van der Waals surface area contributed by atoms with Gasteiger partial charge in [-0.2, -0.15) is 20.5 Å². The second-order valence-corrected chi connectivity index (χ2v) is 10.9. The third kappa shape index (κ3) is 6.98. The first kappa shape index (κ1) is 30.1. The summed E-state index contributed by atoms with van der Waals surface area (Å²) in [4.78, 5) is 12.9. The Hall–Kier alpha value is -5.37. The molecule has 0 atom stereocenters. The van der Waals surface area contributed by atoms with Crippen LogP contribution in [0, 0.1) is 27.7 Å². The SMILES string of the molecule is CCCOc1cccc2cc(NC(=O)c3ccc(N=Nc4cc(C)c(N=Nc5cc(C)c(N)cc5C)cc4C)cc3)ccc12. The number of amides is 1. The molecule has 222 valence electrons. The molecular weight excluding hydrogens is 548 g/mol. The normalized spacial score (nSPS) is 11.5. The van der Waals surface area contributed by atoms with E-state index < -0.39 is 0 Å². The number of nitrogens with zero attached hydrogens (tertiary/aromatic N) is 4. The Morgan fingerprint density at radius 1 is 0.727 bits per heavy atom. The molecule has 0 aliphatic heterocycles. The highest BCUT2D eigenvalue weighted by molar-refractivity contribution is 6.05. The van der Waals surface area contributed by atoms with E-state index in [0.29, 0.717) is 23.5 Å². The molecule has 0 heterocycles. The number of hydrogen-bond acceptors (Lipinski definition) is 7. The van der Waals surface area contributed by atoms with Gasteiger partial charge in [0.15, 0.2) is 0 Å². The molecule has 1 amide bonds. The fraction of sp³-hybridized carbons (Fsp3) is 0.194. The third-order valence-corrected chi connectivity index (χ3v) is 7.33. The van der Waals surface area contributed by atoms with Gasteiger partial charge < -0.3 is 15.8 Å². The van der Waals surface area contributed by atoms with Gasteiger partial charge in [-0.05, 0) is 135 Å². The molecule has 44 heavy (non-hydrogen) atoms. The van der Waals surface area contributed by atoms with Crippen molar-refractivity contribution in [2.75, 3.05) is 17.7 Å². The Bertz CT molecular complexity index is 1890. The lowest BCUT2D eigenvalue weighted by Crippen LogP contribution is -2.11. The average molecular weight is 585 g/mol. The van der Waals surface area contributed by atoms with E-state index in [9.17, 15) is 4.79 Å². The number of nitrogen functional groups attached to an aromatic ring is 1. The molecule has 0 saturated heterocycles. The van der Waals surface area contributed by atoms with Crippen molar-refractivity contribution in [1.82, 2.24) is 0 Å². The maximum atomic E-state index is 12.9. The lowest BCUT2D eigenvalue weighted by molar-refractivity contribution is 0.102. The maximum Gasteiger partial charge on any atom is 0.255 e. The summed E-state index contributed by atoms with van der Waals surface area (Å²) < 4.78 is 5.86. The Balaban J connectivity index is 1.25. The summed E-state index contributed by atoms with van der Waals surface area (Å²) in [5, 5.41) is 22.8. The van der Waals surface area contributed by atoms with Gasteiger partial charge in [0.25, 0.3) is 5.91 Å². The second kappa shape index (κ2) is 13.3. The summed E-state index contributed by atoms with van der Waals surface area (Å²) in [6.07, 6.45) is 0.941. The largest absolute Gasteiger partial charge is 0.493 e. The van der Waals surface area contributed by atoms with Crippen LogP contribution in [0.5, 0.6) is 5.75 Å². The number of azo groups is 2. The van der Waals surface area contributed by atoms with Crippen LogP contribution in [0.1, 0.15) is 46.0 Å². The van der Waals surface area contributed by atoms with Crippen molar-refractivity contribution in [3.05, 3.63) is 113 Å². The van der Waals surface area contributed by atoms with Gasteiger partial charge in [0.2, 0.25) is 0 Å². The molecule has 8 heteroatoms. The van der Waals surface area contributed by atoms with Crippen LogP contribution in [-0.2, 0) is 0 Å². The van der Waals surface area contributed by atoms with E-state index in [4.69, 9.17) is 10.5 Å². The first-order valence-electron chi connectivity index (χ1n) is 14.6. The number of carbonyl (C=O) groups is 1. The lowest BCUT2D eigenvalue weighted by atomic mass is 10.1. The van der Waals surface area contributed by atoms with Crippen LogP contribution >= 0.6 is 0 Å². The number of benzene rings is 5. The van der Waals surface area contributed by atoms with Crippen molar-refractivity contribution in [3.63, 3.8) is 0 Å². The molecule has 0 unspecified atom stereocenters. The molecule has 0 radical (unpaired) electrons. The Morgan fingerprint density at radius 3 is 2.00 bits per heavy atom. The van der Waals surface area contributed by atoms with Crippen molar-refractivity contribution in [1.29, 1.82) is 0 Å². The van der Waals surface area contributed by atoms with E-state index in [2.05, 4.69) is 32.7 Å². The van der Waals surface area contributed by atoms with E-state index in [0.717, 1.165) is 67.9 Å². The van der Waals surface area contributed by atoms with Crippen molar-refractivity contribution < 1.29 is 9.53 Å². The minimum atomic E-state index is -0.202. The molecule has 5 aromatic carbocycles. The molecule has 0 aliphatic rings. The maximum absolute atomic E-state index is 12.9. The molecule has 5 rings (SSSR count). The molecule has 8 nitrogen and oxygen atoms in total. The van der Waals surface area contributed by atoms with E-state index in [1.165, 1.54) is 0 Å². The number of carbonyl (C=O) groups excluding carboxylic acids is 1. The number of fused-ring (bicyclic) bond motifs is 1. The zero-order chi connectivity index (χ0) is 31.2. The monoisotopic (exact) mass is 584 g/mol. The lowest BCUT2D eigenvalue weighted by Gasteiger charge is -2.10. The topological polar surface area (TPSA) is 114 Å². The standard InChI is InChI=1S/C36H36N6O2/c1-6-16-44-35-9-7-8-27-21-29(14-15-30(27)35)38-36(43)26-10-12-28(13-11-26)39-40-33-19-25(5)34(20-24(33)4)42-41-32-18-22(2)31(37)17-23(32)3/h7-15,17-21H,6,16,37H2,1-5H3,(H,38,43). The van der Waals surface area contributed by atoms with Crippen LogP contribution in [0.3, 0.4) is 0 Å². The minimum absolute atomic E-state index is 0.202. The van der Waals surface area contributed by atoms with Gasteiger partial charge in [-0.15, -0.1) is 0 Å². The van der Waals surface area contributed by atoms with Crippen molar-refractivity contribution in [3.8, 4) is 5.75 Å². The van der Waals surface area contributed by atoms with E-state index in [1.54, 1.807) is 24.3 Å². The molecule has 3 N–H and O–H groups in total. The number of ether oxygens (including phenoxy) is 1. The molecule has 0 saturated carbocycles. The van der Waals surface area contributed by atoms with E-state index in [1.807, 2.05) is 88.4 Å². The predicted octanol–water partition coefficient (Wildman–Crippen LogP) is 10.5. The fourth-order valence-electron chi connectivity index (χ4n) is 4.70. The van der Waals surface area contributed by atoms with Crippen LogP contribution < -0.4 is 15.8 Å². The highest BCUT2D eigenvalue weighted by atomic mass is 16.5. The molecular formula is C36H36N6O2. The highest BCUT2D eigenvalue weighted by Gasteiger charge is 2.09. The van der Waals surface area contributed by atoms with Gasteiger partial charge in [0.1, 0.15) is 5.75 Å². The molecule has 0 aromatic heterocycles. The first-order valence-corrected chi connectivity index (χ1v) is 14.6. The van der Waals surface area contributed by atoms with Gasteiger partial charge in [-0.1, -0.05) is 19.1 Å². The van der Waals surface area contributed by atoms with Gasteiger partial charge in [0.05, 0.1) is 29.4 Å². The summed E-state index contributed by atoms with van der Waals surface area (Å²) in [6, 6.07) is 26.5. The fourth-order valence-corrected chi connectivity index (χ4v) is 4.70. The molecule has 0 aliphatic carbocycles. The summed E-state index contributed by atoms with van der Waals surface area (Å²) in [6.45, 7) is 10.6. The summed E-state index contributed by atoms with van der Waals surface area (Å²) in [5.74, 6) is 0.644. The minimum Gasteiger partial charge on any atom is -0.493 e. The van der Waals surface area contributed by atoms with Crippen molar-refractivity contribution >= 4 is 50.8 Å². The van der Waals surface area contributed by atoms with Gasteiger partial charge in [-0.25, -0.2) is 0 Å². The predicted molar refractivity (Wildman–Crippen MR) is 179 cm³/mol. The van der Waals surface area contributed by atoms with Crippen LogP contribution in [0.4, 0.5) is 34.1 Å². The number of anilines is 2.